The highest BCUT2D eigenvalue weighted by atomic mass is 35.5. The molecule has 0 saturated heterocycles. The molecule has 3 heterocycles. The van der Waals surface area contributed by atoms with Crippen LogP contribution in [0.3, 0.4) is 0 Å². The van der Waals surface area contributed by atoms with E-state index in [9.17, 15) is 9.59 Å². The fraction of sp³-hybridized carbons (Fsp3) is 0.120. The maximum atomic E-state index is 13.5. The highest BCUT2D eigenvalue weighted by molar-refractivity contribution is 6.31. The van der Waals surface area contributed by atoms with E-state index < -0.39 is 0 Å². The molecule has 9 heteroatoms. The Labute approximate surface area is 200 Å². The number of halogens is 1. The van der Waals surface area contributed by atoms with Crippen LogP contribution in [0.4, 0.5) is 0 Å². The predicted molar refractivity (Wildman–Crippen MR) is 130 cm³/mol. The molecule has 5 rings (SSSR count). The normalized spacial score (nSPS) is 11.1. The fourth-order valence-corrected chi connectivity index (χ4v) is 4.06. The van der Waals surface area contributed by atoms with Crippen LogP contribution in [-0.4, -0.2) is 30.0 Å². The van der Waals surface area contributed by atoms with Gasteiger partial charge in [-0.2, -0.15) is 10.2 Å². The van der Waals surface area contributed by atoms with Gasteiger partial charge in [-0.25, -0.2) is 9.36 Å². The second kappa shape index (κ2) is 8.99. The summed E-state index contributed by atoms with van der Waals surface area (Å²) in [7, 11) is 0. The molecule has 34 heavy (non-hydrogen) atoms. The summed E-state index contributed by atoms with van der Waals surface area (Å²) in [5.41, 5.74) is 2.26. The fourth-order valence-electron chi connectivity index (χ4n) is 3.86. The van der Waals surface area contributed by atoms with E-state index in [2.05, 4.69) is 10.4 Å². The summed E-state index contributed by atoms with van der Waals surface area (Å²) >= 11 is 6.17. The minimum Gasteiger partial charge on any atom is -0.350 e. The third-order valence-electron chi connectivity index (χ3n) is 5.50. The zero-order chi connectivity index (χ0) is 23.7. The van der Waals surface area contributed by atoms with Crippen molar-refractivity contribution in [3.05, 3.63) is 106 Å². The molecular weight excluding hydrogens is 452 g/mol. The molecule has 0 atom stereocenters. The predicted octanol–water partition coefficient (Wildman–Crippen LogP) is 3.65. The Hall–Kier alpha value is -4.17. The van der Waals surface area contributed by atoms with Crippen molar-refractivity contribution in [2.45, 2.75) is 20.0 Å². The second-order valence-corrected chi connectivity index (χ2v) is 8.21. The van der Waals surface area contributed by atoms with Gasteiger partial charge in [0.1, 0.15) is 17.4 Å². The summed E-state index contributed by atoms with van der Waals surface area (Å²) in [6.45, 7) is 1.82. The third-order valence-corrected chi connectivity index (χ3v) is 5.87. The molecule has 0 aliphatic carbocycles. The minimum atomic E-state index is -0.389. The van der Waals surface area contributed by atoms with Crippen LogP contribution >= 0.6 is 11.6 Å². The largest absolute Gasteiger partial charge is 0.350 e. The Bertz CT molecular complexity index is 1540. The molecule has 8 nitrogen and oxygen atoms in total. The van der Waals surface area contributed by atoms with Crippen LogP contribution in [0.25, 0.3) is 22.4 Å². The number of amides is 1. The highest BCUT2D eigenvalue weighted by Gasteiger charge is 2.22. The number of nitrogens with zero attached hydrogens (tertiary/aromatic N) is 5. The number of aryl methyl sites for hydroxylation is 1. The van der Waals surface area contributed by atoms with Crippen LogP contribution in [0.15, 0.2) is 83.9 Å². The molecule has 0 bridgehead atoms. The van der Waals surface area contributed by atoms with Gasteiger partial charge in [0.05, 0.1) is 11.4 Å². The zero-order valence-corrected chi connectivity index (χ0v) is 19.1. The molecule has 1 N–H and O–H groups in total. The number of fused-ring (bicyclic) bond motifs is 1. The summed E-state index contributed by atoms with van der Waals surface area (Å²) in [5.74, 6) is 0.248. The minimum absolute atomic E-state index is 0.221. The van der Waals surface area contributed by atoms with Crippen molar-refractivity contribution in [2.75, 3.05) is 0 Å². The van der Waals surface area contributed by atoms with Crippen molar-refractivity contribution in [1.29, 1.82) is 0 Å². The summed E-state index contributed by atoms with van der Waals surface area (Å²) in [6.07, 6.45) is 3.71. The molecular formula is C25H21ClN6O2. The lowest BCUT2D eigenvalue weighted by Gasteiger charge is -2.10. The van der Waals surface area contributed by atoms with Crippen LogP contribution in [0.2, 0.25) is 5.02 Å². The topological polar surface area (TPSA) is 86.7 Å². The lowest BCUT2D eigenvalue weighted by atomic mass is 10.2. The average Bonchev–Trinajstić information content (AvgIpc) is 3.51. The van der Waals surface area contributed by atoms with E-state index in [0.29, 0.717) is 27.4 Å². The van der Waals surface area contributed by atoms with Crippen LogP contribution in [0.5, 0.6) is 0 Å². The van der Waals surface area contributed by atoms with E-state index in [1.165, 1.54) is 4.68 Å². The van der Waals surface area contributed by atoms with Crippen LogP contribution in [-0.2, 0) is 17.9 Å². The first kappa shape index (κ1) is 21.7. The first-order valence-electron chi connectivity index (χ1n) is 10.7. The molecule has 0 saturated carbocycles. The Balaban J connectivity index is 1.55. The maximum absolute atomic E-state index is 13.5. The highest BCUT2D eigenvalue weighted by Crippen LogP contribution is 2.24. The molecule has 170 valence electrons. The number of rotatable bonds is 6. The Kier molecular flexibility index (Phi) is 5.73. The molecule has 3 aromatic heterocycles. The Morgan fingerprint density at radius 2 is 1.68 bits per heavy atom. The number of carbonyl (C=O) groups is 1. The SMILES string of the molecule is Cc1nn(CC(=O)NCc2ccccc2Cl)c(=O)c2c(-n3cccc3)n(-c3ccccc3)nc12. The summed E-state index contributed by atoms with van der Waals surface area (Å²) in [4.78, 5) is 26.2. The average molecular weight is 473 g/mol. The number of carbonyl (C=O) groups excluding carboxylic acids is 1. The zero-order valence-electron chi connectivity index (χ0n) is 18.4. The number of hydrogen-bond acceptors (Lipinski definition) is 4. The number of aromatic nitrogens is 5. The second-order valence-electron chi connectivity index (χ2n) is 7.80. The summed E-state index contributed by atoms with van der Waals surface area (Å²) in [6, 6.07) is 20.6. The Morgan fingerprint density at radius 1 is 0.971 bits per heavy atom. The molecule has 0 aliphatic rings. The van der Waals surface area contributed by atoms with E-state index in [-0.39, 0.29) is 24.6 Å². The summed E-state index contributed by atoms with van der Waals surface area (Å²) in [5, 5.41) is 12.9. The van der Waals surface area contributed by atoms with Gasteiger partial charge in [-0.1, -0.05) is 48.0 Å². The van der Waals surface area contributed by atoms with Gasteiger partial charge in [0.15, 0.2) is 5.82 Å². The van der Waals surface area contributed by atoms with Gasteiger partial charge in [0.25, 0.3) is 5.56 Å². The van der Waals surface area contributed by atoms with E-state index in [4.69, 9.17) is 16.7 Å². The first-order chi connectivity index (χ1) is 16.5. The van der Waals surface area contributed by atoms with Crippen LogP contribution in [0, 0.1) is 6.92 Å². The van der Waals surface area contributed by atoms with Gasteiger partial charge in [-0.3, -0.25) is 9.59 Å². The molecule has 0 spiro atoms. The van der Waals surface area contributed by atoms with Crippen molar-refractivity contribution < 1.29 is 4.79 Å². The molecule has 0 radical (unpaired) electrons. The molecule has 0 fully saturated rings. The molecule has 0 aliphatic heterocycles. The number of nitrogens with one attached hydrogen (secondary N) is 1. The molecule has 5 aromatic rings. The number of para-hydroxylation sites is 1. The maximum Gasteiger partial charge on any atom is 0.280 e. The molecule has 1 amide bonds. The van der Waals surface area contributed by atoms with Crippen molar-refractivity contribution in [3.8, 4) is 11.5 Å². The lowest BCUT2D eigenvalue weighted by molar-refractivity contribution is -0.122. The van der Waals surface area contributed by atoms with E-state index in [0.717, 1.165) is 11.3 Å². The standard InChI is InChI=1S/C25H21ClN6O2/c1-17-23-22(24(30-13-7-8-14-30)32(29-23)19-10-3-2-4-11-19)25(34)31(28-17)16-21(33)27-15-18-9-5-6-12-20(18)26/h2-14H,15-16H2,1H3,(H,27,33). The van der Waals surface area contributed by atoms with Gasteiger partial charge in [-0.05, 0) is 42.8 Å². The van der Waals surface area contributed by atoms with E-state index >= 15 is 0 Å². The third kappa shape index (κ3) is 3.99. The number of benzene rings is 2. The molecule has 2 aromatic carbocycles. The van der Waals surface area contributed by atoms with Crippen molar-refractivity contribution in [1.82, 2.24) is 29.4 Å². The lowest BCUT2D eigenvalue weighted by Crippen LogP contribution is -2.34. The van der Waals surface area contributed by atoms with Gasteiger partial charge in [0, 0.05) is 24.0 Å². The van der Waals surface area contributed by atoms with Crippen molar-refractivity contribution in [2.24, 2.45) is 0 Å². The first-order valence-corrected chi connectivity index (χ1v) is 11.1. The molecule has 0 unspecified atom stereocenters. The van der Waals surface area contributed by atoms with Crippen LogP contribution in [0.1, 0.15) is 11.3 Å². The monoisotopic (exact) mass is 472 g/mol. The van der Waals surface area contributed by atoms with Gasteiger partial charge in [-0.15, -0.1) is 0 Å². The van der Waals surface area contributed by atoms with E-state index in [1.54, 1.807) is 17.7 Å². The van der Waals surface area contributed by atoms with Gasteiger partial charge >= 0.3 is 0 Å². The van der Waals surface area contributed by atoms with Crippen LogP contribution < -0.4 is 10.9 Å². The van der Waals surface area contributed by atoms with Crippen molar-refractivity contribution >= 4 is 28.4 Å². The Morgan fingerprint density at radius 3 is 2.41 bits per heavy atom. The number of hydrogen-bond donors (Lipinski definition) is 1. The smallest absolute Gasteiger partial charge is 0.280 e. The van der Waals surface area contributed by atoms with Crippen molar-refractivity contribution in [3.63, 3.8) is 0 Å². The van der Waals surface area contributed by atoms with Gasteiger partial charge in [0.2, 0.25) is 5.91 Å². The van der Waals surface area contributed by atoms with E-state index in [1.807, 2.05) is 77.6 Å². The quantitative estimate of drug-likeness (QED) is 0.408. The summed E-state index contributed by atoms with van der Waals surface area (Å²) < 4.78 is 4.75. The van der Waals surface area contributed by atoms with Gasteiger partial charge < -0.3 is 9.88 Å².